The smallest absolute Gasteiger partial charge is 0.337 e. The van der Waals surface area contributed by atoms with Crippen LogP contribution in [0.4, 0.5) is 5.69 Å². The lowest BCUT2D eigenvalue weighted by Gasteiger charge is -2.30. The van der Waals surface area contributed by atoms with Crippen LogP contribution in [0.15, 0.2) is 23.1 Å². The Morgan fingerprint density at radius 3 is 2.80 bits per heavy atom. The summed E-state index contributed by atoms with van der Waals surface area (Å²) in [7, 11) is -3.80. The number of nitrogens with zero attached hydrogens (tertiary/aromatic N) is 1. The van der Waals surface area contributed by atoms with Gasteiger partial charge < -0.3 is 10.8 Å². The van der Waals surface area contributed by atoms with Gasteiger partial charge in [-0.25, -0.2) is 13.2 Å². The number of thioether (sulfide) groups is 1. The molecule has 0 aromatic heterocycles. The van der Waals surface area contributed by atoms with E-state index in [1.807, 2.05) is 6.92 Å². The minimum atomic E-state index is -3.80. The zero-order chi connectivity index (χ0) is 14.9. The fourth-order valence-electron chi connectivity index (χ4n) is 2.08. The van der Waals surface area contributed by atoms with Crippen LogP contribution in [0, 0.1) is 0 Å². The van der Waals surface area contributed by atoms with Crippen LogP contribution in [-0.2, 0) is 10.0 Å². The predicted octanol–water partition coefficient (Wildman–Crippen LogP) is 1.09. The van der Waals surface area contributed by atoms with Crippen LogP contribution in [0.3, 0.4) is 0 Å². The molecule has 110 valence electrons. The van der Waals surface area contributed by atoms with Crippen molar-refractivity contribution in [2.75, 3.05) is 24.6 Å². The van der Waals surface area contributed by atoms with Crippen molar-refractivity contribution in [1.29, 1.82) is 0 Å². The molecule has 1 aromatic rings. The summed E-state index contributed by atoms with van der Waals surface area (Å²) < 4.78 is 26.5. The lowest BCUT2D eigenvalue weighted by molar-refractivity contribution is 0.0692. The summed E-state index contributed by atoms with van der Waals surface area (Å²) in [6.07, 6.45) is 0. The van der Waals surface area contributed by atoms with Crippen molar-refractivity contribution < 1.29 is 18.3 Å². The van der Waals surface area contributed by atoms with Gasteiger partial charge >= 0.3 is 5.97 Å². The Balaban J connectivity index is 2.46. The molecular formula is C12H16N2O4S2. The van der Waals surface area contributed by atoms with E-state index in [0.717, 1.165) is 0 Å². The van der Waals surface area contributed by atoms with Crippen LogP contribution in [0.25, 0.3) is 0 Å². The maximum atomic E-state index is 12.6. The highest BCUT2D eigenvalue weighted by atomic mass is 32.2. The molecule has 2 rings (SSSR count). The number of carbonyl (C=O) groups is 1. The Kier molecular flexibility index (Phi) is 4.26. The van der Waals surface area contributed by atoms with Gasteiger partial charge in [0.15, 0.2) is 0 Å². The molecule has 0 saturated carbocycles. The number of nitrogens with two attached hydrogens (primary N) is 1. The number of nitrogen functional groups attached to an aromatic ring is 1. The van der Waals surface area contributed by atoms with E-state index in [2.05, 4.69) is 0 Å². The molecule has 3 N–H and O–H groups in total. The van der Waals surface area contributed by atoms with Gasteiger partial charge in [0, 0.05) is 29.8 Å². The van der Waals surface area contributed by atoms with Gasteiger partial charge in [-0.15, -0.1) is 0 Å². The minimum absolute atomic E-state index is 0.195. The number of carboxylic acid groups (broad SMARTS) is 1. The van der Waals surface area contributed by atoms with Gasteiger partial charge in [-0.3, -0.25) is 0 Å². The molecule has 1 fully saturated rings. The Bertz CT molecular complexity index is 630. The third-order valence-electron chi connectivity index (χ3n) is 3.06. The number of aromatic carboxylic acids is 1. The van der Waals surface area contributed by atoms with Gasteiger partial charge in [0.05, 0.1) is 10.5 Å². The molecule has 1 unspecified atom stereocenters. The molecule has 1 saturated heterocycles. The molecule has 20 heavy (non-hydrogen) atoms. The summed E-state index contributed by atoms with van der Waals surface area (Å²) in [5, 5.41) is 9.36. The van der Waals surface area contributed by atoms with Crippen LogP contribution in [-0.4, -0.2) is 47.9 Å². The van der Waals surface area contributed by atoms with E-state index in [1.54, 1.807) is 11.8 Å². The normalized spacial score (nSPS) is 20.8. The van der Waals surface area contributed by atoms with E-state index >= 15 is 0 Å². The Morgan fingerprint density at radius 2 is 2.20 bits per heavy atom. The molecule has 0 amide bonds. The van der Waals surface area contributed by atoms with E-state index < -0.39 is 16.0 Å². The second kappa shape index (κ2) is 5.63. The van der Waals surface area contributed by atoms with Gasteiger partial charge in [0.1, 0.15) is 0 Å². The number of benzene rings is 1. The van der Waals surface area contributed by atoms with Crippen LogP contribution in [0.1, 0.15) is 17.3 Å². The SMILES string of the molecule is CC1CN(S(=O)(=O)c2ccc(N)cc2C(=O)O)CCS1. The monoisotopic (exact) mass is 316 g/mol. The van der Waals surface area contributed by atoms with Gasteiger partial charge in [-0.1, -0.05) is 6.92 Å². The summed E-state index contributed by atoms with van der Waals surface area (Å²) in [4.78, 5) is 11.0. The highest BCUT2D eigenvalue weighted by molar-refractivity contribution is 8.00. The lowest BCUT2D eigenvalue weighted by Crippen LogP contribution is -2.41. The Hall–Kier alpha value is -1.25. The highest BCUT2D eigenvalue weighted by Crippen LogP contribution is 2.27. The number of anilines is 1. The van der Waals surface area contributed by atoms with Crippen molar-refractivity contribution >= 4 is 33.4 Å². The molecule has 8 heteroatoms. The molecule has 1 aliphatic rings. The highest BCUT2D eigenvalue weighted by Gasteiger charge is 2.32. The molecule has 1 aliphatic heterocycles. The summed E-state index contributed by atoms with van der Waals surface area (Å²) in [5.74, 6) is -0.590. The van der Waals surface area contributed by atoms with Gasteiger partial charge in [0.25, 0.3) is 0 Å². The van der Waals surface area contributed by atoms with Crippen LogP contribution in [0.2, 0.25) is 0 Å². The average molecular weight is 316 g/mol. The summed E-state index contributed by atoms with van der Waals surface area (Å²) >= 11 is 1.70. The molecule has 1 aromatic carbocycles. The topological polar surface area (TPSA) is 101 Å². The first-order chi connectivity index (χ1) is 9.32. The quantitative estimate of drug-likeness (QED) is 0.810. The standard InChI is InChI=1S/C12H16N2O4S2/c1-8-7-14(4-5-19-8)20(17,18)11-3-2-9(13)6-10(11)12(15)16/h2-3,6,8H,4-5,7,13H2,1H3,(H,15,16). The molecule has 6 nitrogen and oxygen atoms in total. The minimum Gasteiger partial charge on any atom is -0.478 e. The summed E-state index contributed by atoms with van der Waals surface area (Å²) in [6, 6.07) is 3.85. The van der Waals surface area contributed by atoms with Crippen LogP contribution < -0.4 is 5.73 Å². The third-order valence-corrected chi connectivity index (χ3v) is 6.12. The zero-order valence-electron chi connectivity index (χ0n) is 10.9. The molecule has 0 spiro atoms. The van der Waals surface area contributed by atoms with Crippen LogP contribution >= 0.6 is 11.8 Å². The van der Waals surface area contributed by atoms with Gasteiger partial charge in [0.2, 0.25) is 10.0 Å². The van der Waals surface area contributed by atoms with Crippen molar-refractivity contribution in [3.8, 4) is 0 Å². The Morgan fingerprint density at radius 1 is 1.50 bits per heavy atom. The average Bonchev–Trinajstić information content (AvgIpc) is 2.38. The van der Waals surface area contributed by atoms with E-state index in [0.29, 0.717) is 18.8 Å². The number of hydrogen-bond donors (Lipinski definition) is 2. The first kappa shape index (κ1) is 15.1. The van der Waals surface area contributed by atoms with Crippen molar-refractivity contribution in [2.24, 2.45) is 0 Å². The molecular weight excluding hydrogens is 300 g/mol. The molecule has 0 bridgehead atoms. The van der Waals surface area contributed by atoms with Crippen molar-refractivity contribution in [1.82, 2.24) is 4.31 Å². The fourth-order valence-corrected chi connectivity index (χ4v) is 5.00. The van der Waals surface area contributed by atoms with Crippen molar-refractivity contribution in [3.05, 3.63) is 23.8 Å². The van der Waals surface area contributed by atoms with E-state index in [1.165, 1.54) is 22.5 Å². The predicted molar refractivity (Wildman–Crippen MR) is 78.5 cm³/mol. The number of hydrogen-bond acceptors (Lipinski definition) is 5. The van der Waals surface area contributed by atoms with Crippen molar-refractivity contribution in [3.63, 3.8) is 0 Å². The molecule has 0 aliphatic carbocycles. The number of carboxylic acids is 1. The number of sulfonamides is 1. The third kappa shape index (κ3) is 2.92. The first-order valence-electron chi connectivity index (χ1n) is 6.07. The first-order valence-corrected chi connectivity index (χ1v) is 8.56. The second-order valence-electron chi connectivity index (χ2n) is 4.61. The Labute approximate surface area is 122 Å². The van der Waals surface area contributed by atoms with E-state index in [4.69, 9.17) is 10.8 Å². The number of rotatable bonds is 3. The maximum absolute atomic E-state index is 12.6. The van der Waals surface area contributed by atoms with E-state index in [-0.39, 0.29) is 21.4 Å². The van der Waals surface area contributed by atoms with Crippen LogP contribution in [0.5, 0.6) is 0 Å². The molecule has 0 radical (unpaired) electrons. The fraction of sp³-hybridized carbons (Fsp3) is 0.417. The maximum Gasteiger partial charge on any atom is 0.337 e. The second-order valence-corrected chi connectivity index (χ2v) is 8.06. The molecule has 1 heterocycles. The summed E-state index contributed by atoms with van der Waals surface area (Å²) in [5.41, 5.74) is 5.48. The van der Waals surface area contributed by atoms with E-state index in [9.17, 15) is 13.2 Å². The van der Waals surface area contributed by atoms with Crippen molar-refractivity contribution in [2.45, 2.75) is 17.1 Å². The lowest BCUT2D eigenvalue weighted by atomic mass is 10.2. The zero-order valence-corrected chi connectivity index (χ0v) is 12.6. The van der Waals surface area contributed by atoms with Gasteiger partial charge in [-0.2, -0.15) is 16.1 Å². The molecule has 1 atom stereocenters. The largest absolute Gasteiger partial charge is 0.478 e. The summed E-state index contributed by atoms with van der Waals surface area (Å²) in [6.45, 7) is 2.73. The van der Waals surface area contributed by atoms with Gasteiger partial charge in [-0.05, 0) is 18.2 Å².